The standard InChI is InChI=1S/C20H25FN2O/c1-16(18-4-3-5-20(14-18)24-2)23-12-10-22(11-13-23)15-17-6-8-19(21)9-7-17/h3-9,14,16H,10-13,15H2,1-2H3. The van der Waals surface area contributed by atoms with E-state index in [0.717, 1.165) is 38.5 Å². The van der Waals surface area contributed by atoms with Crippen LogP contribution < -0.4 is 4.74 Å². The van der Waals surface area contributed by atoms with Crippen molar-refractivity contribution >= 4 is 0 Å². The first-order chi connectivity index (χ1) is 11.7. The van der Waals surface area contributed by atoms with Gasteiger partial charge in [0.2, 0.25) is 0 Å². The summed E-state index contributed by atoms with van der Waals surface area (Å²) in [7, 11) is 1.71. The second-order valence-corrected chi connectivity index (χ2v) is 6.39. The van der Waals surface area contributed by atoms with Crippen LogP contribution >= 0.6 is 0 Å². The van der Waals surface area contributed by atoms with E-state index in [-0.39, 0.29) is 5.82 Å². The molecule has 0 N–H and O–H groups in total. The van der Waals surface area contributed by atoms with Crippen LogP contribution in [0.5, 0.6) is 5.75 Å². The Bertz CT molecular complexity index is 651. The van der Waals surface area contributed by atoms with Crippen molar-refractivity contribution in [3.63, 3.8) is 0 Å². The molecule has 1 atom stereocenters. The van der Waals surface area contributed by atoms with E-state index >= 15 is 0 Å². The molecule has 1 aliphatic rings. The second kappa shape index (κ2) is 7.77. The molecule has 0 aromatic heterocycles. The van der Waals surface area contributed by atoms with Crippen molar-refractivity contribution in [3.05, 3.63) is 65.5 Å². The van der Waals surface area contributed by atoms with Crippen molar-refractivity contribution in [1.82, 2.24) is 9.80 Å². The lowest BCUT2D eigenvalue weighted by Crippen LogP contribution is -2.46. The first kappa shape index (κ1) is 16.9. The lowest BCUT2D eigenvalue weighted by molar-refractivity contribution is 0.0977. The number of hydrogen-bond acceptors (Lipinski definition) is 3. The summed E-state index contributed by atoms with van der Waals surface area (Å²) in [5, 5.41) is 0. The van der Waals surface area contributed by atoms with E-state index in [1.54, 1.807) is 7.11 Å². The van der Waals surface area contributed by atoms with Gasteiger partial charge in [0.05, 0.1) is 7.11 Å². The molecular weight excluding hydrogens is 303 g/mol. The molecule has 3 nitrogen and oxygen atoms in total. The third kappa shape index (κ3) is 4.13. The minimum absolute atomic E-state index is 0.171. The summed E-state index contributed by atoms with van der Waals surface area (Å²) in [6, 6.07) is 15.5. The Kier molecular flexibility index (Phi) is 5.48. The maximum absolute atomic E-state index is 13.0. The molecule has 2 aromatic rings. The van der Waals surface area contributed by atoms with Gasteiger partial charge in [-0.3, -0.25) is 9.80 Å². The van der Waals surface area contributed by atoms with Crippen LogP contribution in [0.2, 0.25) is 0 Å². The molecule has 1 fully saturated rings. The van der Waals surface area contributed by atoms with E-state index in [2.05, 4.69) is 34.9 Å². The molecule has 1 saturated heterocycles. The molecule has 0 spiro atoms. The largest absolute Gasteiger partial charge is 0.497 e. The van der Waals surface area contributed by atoms with Gasteiger partial charge in [0.1, 0.15) is 11.6 Å². The van der Waals surface area contributed by atoms with Crippen LogP contribution in [-0.2, 0) is 6.54 Å². The summed E-state index contributed by atoms with van der Waals surface area (Å²) in [4.78, 5) is 4.94. The third-order valence-corrected chi connectivity index (χ3v) is 4.85. The van der Waals surface area contributed by atoms with Crippen molar-refractivity contribution in [2.24, 2.45) is 0 Å². The molecule has 1 aliphatic heterocycles. The van der Waals surface area contributed by atoms with Crippen LogP contribution in [0.3, 0.4) is 0 Å². The number of halogens is 1. The molecule has 1 heterocycles. The Morgan fingerprint density at radius 2 is 1.75 bits per heavy atom. The van der Waals surface area contributed by atoms with E-state index in [9.17, 15) is 4.39 Å². The molecule has 0 saturated carbocycles. The van der Waals surface area contributed by atoms with Gasteiger partial charge in [-0.25, -0.2) is 4.39 Å². The quantitative estimate of drug-likeness (QED) is 0.832. The summed E-state index contributed by atoms with van der Waals surface area (Å²) in [5.41, 5.74) is 2.46. The van der Waals surface area contributed by atoms with Gasteiger partial charge in [0, 0.05) is 38.8 Å². The first-order valence-electron chi connectivity index (χ1n) is 8.50. The molecule has 24 heavy (non-hydrogen) atoms. The van der Waals surface area contributed by atoms with Gasteiger partial charge in [0.15, 0.2) is 0 Å². The number of piperazine rings is 1. The highest BCUT2D eigenvalue weighted by molar-refractivity contribution is 5.30. The molecule has 1 unspecified atom stereocenters. The summed E-state index contributed by atoms with van der Waals surface area (Å²) < 4.78 is 18.3. The van der Waals surface area contributed by atoms with E-state index in [1.165, 1.54) is 23.3 Å². The fourth-order valence-electron chi connectivity index (χ4n) is 3.27. The van der Waals surface area contributed by atoms with Gasteiger partial charge in [-0.2, -0.15) is 0 Å². The summed E-state index contributed by atoms with van der Waals surface area (Å²) in [5.74, 6) is 0.741. The van der Waals surface area contributed by atoms with Crippen molar-refractivity contribution in [2.45, 2.75) is 19.5 Å². The predicted molar refractivity (Wildman–Crippen MR) is 94.7 cm³/mol. The SMILES string of the molecule is COc1cccc(C(C)N2CCN(Cc3ccc(F)cc3)CC2)c1. The van der Waals surface area contributed by atoms with E-state index < -0.39 is 0 Å². The highest BCUT2D eigenvalue weighted by Crippen LogP contribution is 2.25. The minimum atomic E-state index is -0.171. The number of ether oxygens (including phenoxy) is 1. The summed E-state index contributed by atoms with van der Waals surface area (Å²) >= 11 is 0. The Morgan fingerprint density at radius 1 is 1.04 bits per heavy atom. The zero-order chi connectivity index (χ0) is 16.9. The first-order valence-corrected chi connectivity index (χ1v) is 8.50. The average molecular weight is 328 g/mol. The third-order valence-electron chi connectivity index (χ3n) is 4.85. The maximum atomic E-state index is 13.0. The highest BCUT2D eigenvalue weighted by Gasteiger charge is 2.22. The maximum Gasteiger partial charge on any atom is 0.123 e. The van der Waals surface area contributed by atoms with Gasteiger partial charge in [-0.1, -0.05) is 24.3 Å². The topological polar surface area (TPSA) is 15.7 Å². The molecule has 0 aliphatic carbocycles. The molecule has 3 rings (SSSR count). The van der Waals surface area contributed by atoms with Gasteiger partial charge in [0.25, 0.3) is 0 Å². The zero-order valence-electron chi connectivity index (χ0n) is 14.4. The molecule has 2 aromatic carbocycles. The zero-order valence-corrected chi connectivity index (χ0v) is 14.4. The summed E-state index contributed by atoms with van der Waals surface area (Å²) in [6.07, 6.45) is 0. The number of benzene rings is 2. The lowest BCUT2D eigenvalue weighted by Gasteiger charge is -2.38. The van der Waals surface area contributed by atoms with Gasteiger partial charge in [-0.15, -0.1) is 0 Å². The molecule has 0 amide bonds. The Labute approximate surface area is 143 Å². The van der Waals surface area contributed by atoms with Crippen molar-refractivity contribution in [3.8, 4) is 5.75 Å². The number of rotatable bonds is 5. The monoisotopic (exact) mass is 328 g/mol. The molecule has 128 valence electrons. The van der Waals surface area contributed by atoms with Crippen molar-refractivity contribution in [1.29, 1.82) is 0 Å². The summed E-state index contributed by atoms with van der Waals surface area (Å²) in [6.45, 7) is 7.29. The van der Waals surface area contributed by atoms with Crippen LogP contribution in [0.4, 0.5) is 4.39 Å². The van der Waals surface area contributed by atoms with Crippen LogP contribution in [0.25, 0.3) is 0 Å². The number of methoxy groups -OCH3 is 1. The number of hydrogen-bond donors (Lipinski definition) is 0. The second-order valence-electron chi connectivity index (χ2n) is 6.39. The van der Waals surface area contributed by atoms with Gasteiger partial charge < -0.3 is 4.74 Å². The normalized spacial score (nSPS) is 17.6. The van der Waals surface area contributed by atoms with Crippen molar-refractivity contribution < 1.29 is 9.13 Å². The average Bonchev–Trinajstić information content (AvgIpc) is 2.64. The minimum Gasteiger partial charge on any atom is -0.497 e. The van der Waals surface area contributed by atoms with Crippen molar-refractivity contribution in [2.75, 3.05) is 33.3 Å². The fourth-order valence-corrected chi connectivity index (χ4v) is 3.27. The van der Waals surface area contributed by atoms with E-state index in [4.69, 9.17) is 4.74 Å². The highest BCUT2D eigenvalue weighted by atomic mass is 19.1. The number of nitrogens with zero attached hydrogens (tertiary/aromatic N) is 2. The smallest absolute Gasteiger partial charge is 0.123 e. The molecular formula is C20H25FN2O. The molecule has 0 radical (unpaired) electrons. The molecule has 0 bridgehead atoms. The van der Waals surface area contributed by atoms with Crippen LogP contribution in [-0.4, -0.2) is 43.1 Å². The Balaban J connectivity index is 1.55. The molecule has 4 heteroatoms. The van der Waals surface area contributed by atoms with Crippen LogP contribution in [0.15, 0.2) is 48.5 Å². The van der Waals surface area contributed by atoms with E-state index in [1.807, 2.05) is 18.2 Å². The van der Waals surface area contributed by atoms with Crippen LogP contribution in [0.1, 0.15) is 24.1 Å². The van der Waals surface area contributed by atoms with Gasteiger partial charge >= 0.3 is 0 Å². The van der Waals surface area contributed by atoms with Crippen LogP contribution in [0, 0.1) is 5.82 Å². The lowest BCUT2D eigenvalue weighted by atomic mass is 10.1. The fraction of sp³-hybridized carbons (Fsp3) is 0.400. The predicted octanol–water partition coefficient (Wildman–Crippen LogP) is 3.71. The Morgan fingerprint density at radius 3 is 2.42 bits per heavy atom. The van der Waals surface area contributed by atoms with E-state index in [0.29, 0.717) is 6.04 Å². The Hall–Kier alpha value is -1.91. The van der Waals surface area contributed by atoms with Gasteiger partial charge in [-0.05, 0) is 42.3 Å².